The van der Waals surface area contributed by atoms with Crippen LogP contribution in [0.2, 0.25) is 0 Å². The second-order valence-electron chi connectivity index (χ2n) is 9.65. The number of halogens is 6. The highest BCUT2D eigenvalue weighted by Crippen LogP contribution is 2.37. The lowest BCUT2D eigenvalue weighted by molar-refractivity contribution is -0.146. The maximum atomic E-state index is 13.4. The van der Waals surface area contributed by atoms with E-state index in [2.05, 4.69) is 5.32 Å². The van der Waals surface area contributed by atoms with Gasteiger partial charge in [-0.3, -0.25) is 19.7 Å². The molecule has 0 radical (unpaired) electrons. The molecule has 1 amide bonds. The van der Waals surface area contributed by atoms with Gasteiger partial charge in [-0.25, -0.2) is 0 Å². The molecule has 0 bridgehead atoms. The zero-order valence-electron chi connectivity index (χ0n) is 21.4. The van der Waals surface area contributed by atoms with Crippen LogP contribution in [0.15, 0.2) is 48.5 Å². The fourth-order valence-corrected chi connectivity index (χ4v) is 4.46. The lowest BCUT2D eigenvalue weighted by atomic mass is 9.87. The maximum Gasteiger partial charge on any atom is 0.416 e. The Morgan fingerprint density at radius 2 is 1.62 bits per heavy atom. The number of nitrogens with one attached hydrogen (secondary N) is 1. The van der Waals surface area contributed by atoms with E-state index in [0.29, 0.717) is 12.1 Å². The average molecular weight is 575 g/mol. The van der Waals surface area contributed by atoms with E-state index in [1.807, 2.05) is 0 Å². The fourth-order valence-electron chi connectivity index (χ4n) is 4.46. The van der Waals surface area contributed by atoms with Crippen LogP contribution in [-0.4, -0.2) is 59.6 Å². The number of nitrogens with zero attached hydrogens (tertiary/aromatic N) is 1. The van der Waals surface area contributed by atoms with Crippen molar-refractivity contribution in [2.45, 2.75) is 50.6 Å². The lowest BCUT2D eigenvalue weighted by Crippen LogP contribution is -2.48. The number of carboxylic acids is 1. The van der Waals surface area contributed by atoms with Gasteiger partial charge >= 0.3 is 24.3 Å². The second kappa shape index (κ2) is 12.7. The number of hydrogen-bond donors (Lipinski definition) is 2. The number of alkyl halides is 6. The molecule has 2 aromatic carbocycles. The van der Waals surface area contributed by atoms with Crippen molar-refractivity contribution in [1.82, 2.24) is 10.2 Å². The summed E-state index contributed by atoms with van der Waals surface area (Å²) < 4.78 is 85.5. The number of piperidine rings is 1. The molecule has 0 saturated carbocycles. The SMILES string of the molecule is C[C@@H](NCC(=O)OCC1CCN(C(=O)c2cc(C(F)(F)F)cc(C(F)(F)F)c2)C(Cc2ccccc2)C1)C(=O)O. The van der Waals surface area contributed by atoms with Gasteiger partial charge in [0.1, 0.15) is 6.04 Å². The minimum atomic E-state index is -5.09. The smallest absolute Gasteiger partial charge is 0.416 e. The summed E-state index contributed by atoms with van der Waals surface area (Å²) in [5, 5.41) is 11.4. The van der Waals surface area contributed by atoms with Crippen molar-refractivity contribution in [1.29, 1.82) is 0 Å². The number of amides is 1. The summed E-state index contributed by atoms with van der Waals surface area (Å²) >= 11 is 0. The molecular weight excluding hydrogens is 546 g/mol. The van der Waals surface area contributed by atoms with Crippen LogP contribution in [0.1, 0.15) is 46.8 Å². The number of carboxylic acid groups (broad SMARTS) is 1. The van der Waals surface area contributed by atoms with Gasteiger partial charge in [0.2, 0.25) is 0 Å². The van der Waals surface area contributed by atoms with E-state index in [1.54, 1.807) is 30.3 Å². The average Bonchev–Trinajstić information content (AvgIpc) is 2.89. The molecule has 0 aromatic heterocycles. The third-order valence-corrected chi connectivity index (χ3v) is 6.64. The first-order chi connectivity index (χ1) is 18.6. The first-order valence-electron chi connectivity index (χ1n) is 12.4. The number of ether oxygens (including phenoxy) is 1. The number of aliphatic carboxylic acids is 1. The van der Waals surface area contributed by atoms with Gasteiger partial charge in [-0.15, -0.1) is 0 Å². The van der Waals surface area contributed by atoms with Gasteiger partial charge in [-0.05, 0) is 55.9 Å². The van der Waals surface area contributed by atoms with Crippen LogP contribution in [0.4, 0.5) is 26.3 Å². The van der Waals surface area contributed by atoms with E-state index in [0.717, 1.165) is 5.56 Å². The number of esters is 1. The predicted octanol–water partition coefficient (Wildman–Crippen LogP) is 4.79. The summed E-state index contributed by atoms with van der Waals surface area (Å²) in [5.74, 6) is -3.03. The summed E-state index contributed by atoms with van der Waals surface area (Å²) in [4.78, 5) is 37.6. The van der Waals surface area contributed by atoms with Crippen LogP contribution >= 0.6 is 0 Å². The zero-order chi connectivity index (χ0) is 29.7. The summed E-state index contributed by atoms with van der Waals surface area (Å²) in [5.41, 5.74) is -3.06. The van der Waals surface area contributed by atoms with E-state index >= 15 is 0 Å². The van der Waals surface area contributed by atoms with Crippen LogP contribution in [-0.2, 0) is 33.1 Å². The Bertz CT molecular complexity index is 1170. The molecule has 1 saturated heterocycles. The van der Waals surface area contributed by atoms with Gasteiger partial charge in [0.15, 0.2) is 0 Å². The van der Waals surface area contributed by atoms with E-state index < -0.39 is 59.0 Å². The summed E-state index contributed by atoms with van der Waals surface area (Å²) in [6.07, 6.45) is -9.34. The molecule has 1 aliphatic rings. The largest absolute Gasteiger partial charge is 0.480 e. The first-order valence-corrected chi connectivity index (χ1v) is 12.4. The van der Waals surface area contributed by atoms with Crippen molar-refractivity contribution in [3.05, 3.63) is 70.8 Å². The molecule has 0 spiro atoms. The molecule has 3 rings (SSSR count). The van der Waals surface area contributed by atoms with Crippen LogP contribution in [0.3, 0.4) is 0 Å². The van der Waals surface area contributed by atoms with Crippen LogP contribution in [0, 0.1) is 5.92 Å². The standard InChI is InChI=1S/C27H28F6N2O5/c1-16(25(38)39)34-14-23(36)40-15-18-7-8-35(22(10-18)9-17-5-3-2-4-6-17)24(37)19-11-20(26(28,29)30)13-21(12-19)27(31,32)33/h2-6,11-13,16,18,22,34H,7-10,14-15H2,1H3,(H,38,39)/t16-,18?,22?/m1/s1. The fraction of sp³-hybridized carbons (Fsp3) is 0.444. The topological polar surface area (TPSA) is 95.9 Å². The highest BCUT2D eigenvalue weighted by atomic mass is 19.4. The number of rotatable bonds is 9. The third-order valence-electron chi connectivity index (χ3n) is 6.64. The Kier molecular flexibility index (Phi) is 9.82. The lowest BCUT2D eigenvalue weighted by Gasteiger charge is -2.40. The Morgan fingerprint density at radius 1 is 1.02 bits per heavy atom. The van der Waals surface area contributed by atoms with E-state index in [4.69, 9.17) is 9.84 Å². The minimum absolute atomic E-state index is 0.0183. The Morgan fingerprint density at radius 3 is 2.17 bits per heavy atom. The van der Waals surface area contributed by atoms with Gasteiger partial charge in [-0.1, -0.05) is 30.3 Å². The van der Waals surface area contributed by atoms with Gasteiger partial charge in [0.25, 0.3) is 5.91 Å². The van der Waals surface area contributed by atoms with Crippen molar-refractivity contribution in [2.75, 3.05) is 19.7 Å². The van der Waals surface area contributed by atoms with E-state index in [9.17, 15) is 40.7 Å². The maximum absolute atomic E-state index is 13.4. The zero-order valence-corrected chi connectivity index (χ0v) is 21.4. The number of carbonyl (C=O) groups is 3. The van der Waals surface area contributed by atoms with Gasteiger partial charge in [0, 0.05) is 18.2 Å². The Balaban J connectivity index is 1.80. The van der Waals surface area contributed by atoms with Crippen LogP contribution in [0.5, 0.6) is 0 Å². The highest BCUT2D eigenvalue weighted by molar-refractivity contribution is 5.95. The van der Waals surface area contributed by atoms with Gasteiger partial charge in [0.05, 0.1) is 24.3 Å². The number of hydrogen-bond acceptors (Lipinski definition) is 5. The number of carbonyl (C=O) groups excluding carboxylic acids is 2. The predicted molar refractivity (Wildman–Crippen MR) is 130 cm³/mol. The molecule has 2 aromatic rings. The van der Waals surface area contributed by atoms with Crippen molar-refractivity contribution in [2.24, 2.45) is 5.92 Å². The molecule has 218 valence electrons. The molecule has 1 fully saturated rings. The van der Waals surface area contributed by atoms with Crippen molar-refractivity contribution in [3.63, 3.8) is 0 Å². The first kappa shape index (κ1) is 30.9. The normalized spacial score (nSPS) is 18.7. The van der Waals surface area contributed by atoms with Crippen molar-refractivity contribution < 1.29 is 50.6 Å². The van der Waals surface area contributed by atoms with Gasteiger partial charge < -0.3 is 14.7 Å². The summed E-state index contributed by atoms with van der Waals surface area (Å²) in [7, 11) is 0. The van der Waals surface area contributed by atoms with Gasteiger partial charge in [-0.2, -0.15) is 26.3 Å². The van der Waals surface area contributed by atoms with Crippen LogP contribution in [0.25, 0.3) is 0 Å². The van der Waals surface area contributed by atoms with Crippen molar-refractivity contribution >= 4 is 17.8 Å². The number of benzene rings is 2. The quantitative estimate of drug-likeness (QED) is 0.330. The second-order valence-corrected chi connectivity index (χ2v) is 9.65. The molecule has 3 atom stereocenters. The monoisotopic (exact) mass is 574 g/mol. The third kappa shape index (κ3) is 8.44. The molecule has 1 heterocycles. The minimum Gasteiger partial charge on any atom is -0.480 e. The van der Waals surface area contributed by atoms with Crippen molar-refractivity contribution in [3.8, 4) is 0 Å². The number of likely N-dealkylation sites (tertiary alicyclic amines) is 1. The molecule has 2 N–H and O–H groups in total. The molecule has 0 aliphatic carbocycles. The summed E-state index contributed by atoms with van der Waals surface area (Å²) in [6, 6.07) is 8.13. The molecular formula is C27H28F6N2O5. The molecule has 13 heteroatoms. The van der Waals surface area contributed by atoms with E-state index in [-0.39, 0.29) is 50.9 Å². The summed E-state index contributed by atoms with van der Waals surface area (Å²) in [6.45, 7) is 0.995. The Labute approximate surface area is 226 Å². The Hall–Kier alpha value is -3.61. The van der Waals surface area contributed by atoms with Crippen LogP contribution < -0.4 is 5.32 Å². The molecule has 2 unspecified atom stereocenters. The molecule has 40 heavy (non-hydrogen) atoms. The van der Waals surface area contributed by atoms with E-state index in [1.165, 1.54) is 11.8 Å². The molecule has 7 nitrogen and oxygen atoms in total. The molecule has 1 aliphatic heterocycles. The highest BCUT2D eigenvalue weighted by Gasteiger charge is 2.39.